The first-order chi connectivity index (χ1) is 11.8. The molecule has 2 amide bonds. The molecule has 0 spiro atoms. The number of hydrogen-bond donors (Lipinski definition) is 2. The lowest BCUT2D eigenvalue weighted by molar-refractivity contribution is -0.143. The number of amides is 2. The summed E-state index contributed by atoms with van der Waals surface area (Å²) in [6.45, 7) is 4.85. The Bertz CT molecular complexity index is 591. The number of likely N-dealkylation sites (N-methyl/N-ethyl adjacent to an activating group) is 1. The second-order valence-corrected chi connectivity index (χ2v) is 7.34. The smallest absolute Gasteiger partial charge is 0.317 e. The van der Waals surface area contributed by atoms with Gasteiger partial charge in [0.1, 0.15) is 0 Å². The first kappa shape index (κ1) is 19.2. The summed E-state index contributed by atoms with van der Waals surface area (Å²) in [4.78, 5) is 27.7. The van der Waals surface area contributed by atoms with E-state index in [4.69, 9.17) is 0 Å². The van der Waals surface area contributed by atoms with Gasteiger partial charge in [-0.1, -0.05) is 37.3 Å². The first-order valence-electron chi connectivity index (χ1n) is 8.79. The molecule has 4 atom stereocenters. The number of carbonyl (C=O) groups is 2. The molecule has 0 radical (unpaired) electrons. The molecule has 1 heterocycles. The van der Waals surface area contributed by atoms with Crippen molar-refractivity contribution in [1.29, 1.82) is 0 Å². The topological polar surface area (TPSA) is 72.9 Å². The van der Waals surface area contributed by atoms with Crippen LogP contribution in [0.25, 0.3) is 0 Å². The first-order valence-corrected chi connectivity index (χ1v) is 8.79. The van der Waals surface area contributed by atoms with Gasteiger partial charge in [0, 0.05) is 19.1 Å². The van der Waals surface area contributed by atoms with Crippen molar-refractivity contribution in [2.45, 2.75) is 32.4 Å². The average Bonchev–Trinajstić information content (AvgIpc) is 2.54. The molecule has 1 aromatic carbocycles. The summed E-state index contributed by atoms with van der Waals surface area (Å²) in [7, 11) is 3.98. The summed E-state index contributed by atoms with van der Waals surface area (Å²) < 4.78 is 0. The van der Waals surface area contributed by atoms with Crippen molar-refractivity contribution in [3.63, 3.8) is 0 Å². The Morgan fingerprint density at radius 2 is 1.88 bits per heavy atom. The highest BCUT2D eigenvalue weighted by molar-refractivity contribution is 5.77. The van der Waals surface area contributed by atoms with E-state index < -0.39 is 11.9 Å². The number of aliphatic carboxylic acids is 1. The number of hydrogen-bond acceptors (Lipinski definition) is 3. The highest BCUT2D eigenvalue weighted by Gasteiger charge is 2.33. The van der Waals surface area contributed by atoms with Gasteiger partial charge in [-0.3, -0.25) is 4.79 Å². The van der Waals surface area contributed by atoms with Crippen LogP contribution in [0.15, 0.2) is 30.3 Å². The van der Waals surface area contributed by atoms with Crippen LogP contribution in [-0.4, -0.2) is 60.1 Å². The van der Waals surface area contributed by atoms with E-state index in [1.54, 1.807) is 4.90 Å². The maximum absolute atomic E-state index is 12.7. The third-order valence-electron chi connectivity index (χ3n) is 4.82. The lowest BCUT2D eigenvalue weighted by Crippen LogP contribution is -2.53. The van der Waals surface area contributed by atoms with E-state index in [-0.39, 0.29) is 30.6 Å². The normalized spacial score (nSPS) is 23.2. The zero-order chi connectivity index (χ0) is 18.6. The molecule has 0 aromatic heterocycles. The van der Waals surface area contributed by atoms with Crippen molar-refractivity contribution < 1.29 is 14.7 Å². The summed E-state index contributed by atoms with van der Waals surface area (Å²) in [6, 6.07) is 9.81. The Morgan fingerprint density at radius 1 is 1.24 bits per heavy atom. The van der Waals surface area contributed by atoms with Crippen LogP contribution in [0, 0.1) is 11.8 Å². The van der Waals surface area contributed by atoms with Crippen LogP contribution in [0.3, 0.4) is 0 Å². The fourth-order valence-electron chi connectivity index (χ4n) is 3.75. The predicted molar refractivity (Wildman–Crippen MR) is 97.3 cm³/mol. The number of carbonyl (C=O) groups excluding carboxylic acids is 1. The average molecular weight is 347 g/mol. The van der Waals surface area contributed by atoms with Crippen LogP contribution >= 0.6 is 0 Å². The molecule has 138 valence electrons. The van der Waals surface area contributed by atoms with Crippen molar-refractivity contribution in [2.75, 3.05) is 27.2 Å². The number of piperidine rings is 1. The third kappa shape index (κ3) is 4.95. The fraction of sp³-hybridized carbons (Fsp3) is 0.579. The Labute approximate surface area is 149 Å². The van der Waals surface area contributed by atoms with Crippen molar-refractivity contribution >= 4 is 12.0 Å². The molecule has 0 aliphatic carbocycles. The molecule has 4 unspecified atom stereocenters. The Balaban J connectivity index is 2.06. The van der Waals surface area contributed by atoms with Crippen molar-refractivity contribution in [1.82, 2.24) is 15.1 Å². The Morgan fingerprint density at radius 3 is 2.44 bits per heavy atom. The van der Waals surface area contributed by atoms with Crippen LogP contribution in [0.4, 0.5) is 4.79 Å². The lowest BCUT2D eigenvalue weighted by Gasteiger charge is -2.37. The molecule has 25 heavy (non-hydrogen) atoms. The van der Waals surface area contributed by atoms with Gasteiger partial charge in [0.25, 0.3) is 0 Å². The van der Waals surface area contributed by atoms with E-state index in [2.05, 4.69) is 22.3 Å². The van der Waals surface area contributed by atoms with Gasteiger partial charge in [0.05, 0.1) is 12.0 Å². The second-order valence-electron chi connectivity index (χ2n) is 7.34. The summed E-state index contributed by atoms with van der Waals surface area (Å²) in [5.74, 6) is -1.12. The molecule has 1 aromatic rings. The van der Waals surface area contributed by atoms with Crippen LogP contribution in [0.5, 0.6) is 0 Å². The fourth-order valence-corrected chi connectivity index (χ4v) is 3.75. The van der Waals surface area contributed by atoms with Gasteiger partial charge in [0.15, 0.2) is 0 Å². The Hall–Kier alpha value is -2.08. The summed E-state index contributed by atoms with van der Waals surface area (Å²) in [6.07, 6.45) is 0.624. The van der Waals surface area contributed by atoms with Crippen molar-refractivity contribution in [3.8, 4) is 0 Å². The zero-order valence-corrected chi connectivity index (χ0v) is 15.5. The van der Waals surface area contributed by atoms with Crippen LogP contribution in [0.1, 0.15) is 31.9 Å². The zero-order valence-electron chi connectivity index (χ0n) is 15.5. The van der Waals surface area contributed by atoms with Gasteiger partial charge in [-0.25, -0.2) is 4.79 Å². The largest absolute Gasteiger partial charge is 0.481 e. The minimum Gasteiger partial charge on any atom is -0.481 e. The lowest BCUT2D eigenvalue weighted by atomic mass is 9.90. The van der Waals surface area contributed by atoms with Crippen LogP contribution < -0.4 is 5.32 Å². The number of benzene rings is 1. The maximum atomic E-state index is 12.7. The van der Waals surface area contributed by atoms with E-state index >= 15 is 0 Å². The molecule has 1 saturated heterocycles. The second kappa shape index (κ2) is 8.34. The molecule has 1 fully saturated rings. The van der Waals surface area contributed by atoms with Crippen LogP contribution in [0.2, 0.25) is 0 Å². The molecule has 1 aliphatic heterocycles. The van der Waals surface area contributed by atoms with Gasteiger partial charge in [-0.15, -0.1) is 0 Å². The highest BCUT2D eigenvalue weighted by Crippen LogP contribution is 2.24. The number of carboxylic acid groups (broad SMARTS) is 1. The molecular formula is C19H29N3O3. The molecule has 6 nitrogen and oxygen atoms in total. The predicted octanol–water partition coefficient (Wildman–Crippen LogP) is 2.43. The third-order valence-corrected chi connectivity index (χ3v) is 4.82. The number of likely N-dealkylation sites (tertiary alicyclic amines) is 1. The van der Waals surface area contributed by atoms with Gasteiger partial charge in [-0.2, -0.15) is 0 Å². The van der Waals surface area contributed by atoms with Gasteiger partial charge >= 0.3 is 12.0 Å². The van der Waals surface area contributed by atoms with Gasteiger partial charge < -0.3 is 20.2 Å². The minimum absolute atomic E-state index is 0.0441. The summed E-state index contributed by atoms with van der Waals surface area (Å²) >= 11 is 0. The van der Waals surface area contributed by atoms with E-state index in [0.717, 1.165) is 5.56 Å². The minimum atomic E-state index is -0.826. The Kier molecular flexibility index (Phi) is 6.42. The molecule has 0 saturated carbocycles. The van der Waals surface area contributed by atoms with Gasteiger partial charge in [-0.05, 0) is 38.9 Å². The van der Waals surface area contributed by atoms with E-state index in [0.29, 0.717) is 13.0 Å². The molecule has 2 rings (SSSR count). The number of rotatable bonds is 5. The van der Waals surface area contributed by atoms with E-state index in [9.17, 15) is 14.7 Å². The highest BCUT2D eigenvalue weighted by atomic mass is 16.4. The van der Waals surface area contributed by atoms with E-state index in [1.807, 2.05) is 46.1 Å². The number of carboxylic acids is 1. The van der Waals surface area contributed by atoms with Gasteiger partial charge in [0.2, 0.25) is 0 Å². The SMILES string of the molecule is CC1CC(C(=O)O)CN(C(=O)NC(C)C(c2ccccc2)N(C)C)C1. The maximum Gasteiger partial charge on any atom is 0.317 e. The monoisotopic (exact) mass is 347 g/mol. The molecule has 1 aliphatic rings. The standard InChI is InChI=1S/C19H29N3O3/c1-13-10-16(18(23)24)12-22(11-13)19(25)20-14(2)17(21(3)4)15-8-6-5-7-9-15/h5-9,13-14,16-17H,10-12H2,1-4H3,(H,20,25)(H,23,24). The van der Waals surface area contributed by atoms with Crippen LogP contribution in [-0.2, 0) is 4.79 Å². The summed E-state index contributed by atoms with van der Waals surface area (Å²) in [5.41, 5.74) is 1.13. The number of nitrogens with zero attached hydrogens (tertiary/aromatic N) is 2. The molecule has 2 N–H and O–H groups in total. The quantitative estimate of drug-likeness (QED) is 0.858. The molecule has 6 heteroatoms. The van der Waals surface area contributed by atoms with Crippen molar-refractivity contribution in [3.05, 3.63) is 35.9 Å². The summed E-state index contributed by atoms with van der Waals surface area (Å²) in [5, 5.41) is 12.3. The van der Waals surface area contributed by atoms with Crippen molar-refractivity contribution in [2.24, 2.45) is 11.8 Å². The van der Waals surface area contributed by atoms with E-state index in [1.165, 1.54) is 0 Å². The number of nitrogens with one attached hydrogen (secondary N) is 1. The number of urea groups is 1. The molecule has 0 bridgehead atoms. The molecular weight excluding hydrogens is 318 g/mol.